The van der Waals surface area contributed by atoms with Gasteiger partial charge in [-0.05, 0) is 34.6 Å². The molecule has 4 heteroatoms. The molecule has 0 amide bonds. The normalized spacial score (nSPS) is 14.4. The second-order valence-electron chi connectivity index (χ2n) is 4.36. The van der Waals surface area contributed by atoms with Gasteiger partial charge in [0.1, 0.15) is 11.8 Å². The Bertz CT molecular complexity index is 288. The van der Waals surface area contributed by atoms with Crippen LogP contribution in [-0.2, 0) is 10.3 Å². The van der Waals surface area contributed by atoms with Crippen molar-refractivity contribution < 1.29 is 4.74 Å². The molecule has 0 saturated heterocycles. The summed E-state index contributed by atoms with van der Waals surface area (Å²) in [5, 5.41) is 8.17. The molecule has 0 radical (unpaired) electrons. The summed E-state index contributed by atoms with van der Waals surface area (Å²) in [5.74, 6) is 0. The van der Waals surface area contributed by atoms with Crippen molar-refractivity contribution in [3.63, 3.8) is 0 Å². The van der Waals surface area contributed by atoms with Crippen molar-refractivity contribution in [2.24, 2.45) is 0 Å². The monoisotopic (exact) mass is 197 g/mol. The van der Waals surface area contributed by atoms with E-state index in [4.69, 9.17) is 4.74 Å². The van der Waals surface area contributed by atoms with E-state index in [1.165, 1.54) is 0 Å². The van der Waals surface area contributed by atoms with Gasteiger partial charge in [-0.1, -0.05) is 5.21 Å². The molecule has 0 aliphatic rings. The largest absolute Gasteiger partial charge is 0.372 e. The van der Waals surface area contributed by atoms with Gasteiger partial charge >= 0.3 is 0 Å². The zero-order chi connectivity index (χ0) is 10.8. The van der Waals surface area contributed by atoms with E-state index in [9.17, 15) is 0 Å². The maximum atomic E-state index is 5.44. The SMILES string of the molecule is CCOC(C)c1cn(C(C)(C)C)nn1. The van der Waals surface area contributed by atoms with Crippen molar-refractivity contribution in [2.75, 3.05) is 6.61 Å². The number of ether oxygens (including phenoxy) is 1. The number of rotatable bonds is 3. The summed E-state index contributed by atoms with van der Waals surface area (Å²) in [6.07, 6.45) is 1.97. The fraction of sp³-hybridized carbons (Fsp3) is 0.800. The lowest BCUT2D eigenvalue weighted by Gasteiger charge is -2.17. The number of aromatic nitrogens is 3. The number of nitrogens with zero attached hydrogens (tertiary/aromatic N) is 3. The molecule has 1 aromatic rings. The molecule has 0 aliphatic carbocycles. The van der Waals surface area contributed by atoms with Crippen molar-refractivity contribution in [3.05, 3.63) is 11.9 Å². The van der Waals surface area contributed by atoms with Crippen LogP contribution in [0, 0.1) is 0 Å². The van der Waals surface area contributed by atoms with Crippen LogP contribution in [0.3, 0.4) is 0 Å². The van der Waals surface area contributed by atoms with Crippen LogP contribution in [0.25, 0.3) is 0 Å². The van der Waals surface area contributed by atoms with Gasteiger partial charge in [-0.3, -0.25) is 0 Å². The Morgan fingerprint density at radius 3 is 2.57 bits per heavy atom. The van der Waals surface area contributed by atoms with Gasteiger partial charge < -0.3 is 4.74 Å². The molecular formula is C10H19N3O. The molecule has 0 fully saturated rings. The van der Waals surface area contributed by atoms with Gasteiger partial charge in [0, 0.05) is 6.61 Å². The Labute approximate surface area is 85.3 Å². The molecule has 80 valence electrons. The summed E-state index contributed by atoms with van der Waals surface area (Å²) in [6, 6.07) is 0. The lowest BCUT2D eigenvalue weighted by molar-refractivity contribution is 0.0732. The fourth-order valence-electron chi connectivity index (χ4n) is 1.13. The summed E-state index contributed by atoms with van der Waals surface area (Å²) in [7, 11) is 0. The minimum atomic E-state index is -0.0167. The van der Waals surface area contributed by atoms with E-state index in [1.54, 1.807) is 0 Å². The second kappa shape index (κ2) is 4.09. The van der Waals surface area contributed by atoms with Gasteiger partial charge in [-0.25, -0.2) is 4.68 Å². The highest BCUT2D eigenvalue weighted by atomic mass is 16.5. The van der Waals surface area contributed by atoms with Crippen LogP contribution in [0.2, 0.25) is 0 Å². The van der Waals surface area contributed by atoms with Crippen LogP contribution in [0.4, 0.5) is 0 Å². The minimum Gasteiger partial charge on any atom is -0.372 e. The highest BCUT2D eigenvalue weighted by Crippen LogP contribution is 2.17. The second-order valence-corrected chi connectivity index (χ2v) is 4.36. The smallest absolute Gasteiger partial charge is 0.111 e. The molecule has 0 saturated carbocycles. The summed E-state index contributed by atoms with van der Waals surface area (Å²) in [6.45, 7) is 10.9. The molecule has 0 aliphatic heterocycles. The molecule has 1 aromatic heterocycles. The molecule has 1 heterocycles. The zero-order valence-corrected chi connectivity index (χ0v) is 9.61. The Balaban J connectivity index is 2.78. The van der Waals surface area contributed by atoms with Gasteiger partial charge in [-0.2, -0.15) is 0 Å². The predicted octanol–water partition coefficient (Wildman–Crippen LogP) is 2.13. The Kier molecular flexibility index (Phi) is 3.26. The Hall–Kier alpha value is -0.900. The third-order valence-corrected chi connectivity index (χ3v) is 2.03. The van der Waals surface area contributed by atoms with Crippen LogP contribution in [0.1, 0.15) is 46.4 Å². The van der Waals surface area contributed by atoms with Crippen LogP contribution < -0.4 is 0 Å². The van der Waals surface area contributed by atoms with Crippen LogP contribution in [0.15, 0.2) is 6.20 Å². The van der Waals surface area contributed by atoms with Crippen molar-refractivity contribution in [3.8, 4) is 0 Å². The van der Waals surface area contributed by atoms with Crippen LogP contribution >= 0.6 is 0 Å². The van der Waals surface area contributed by atoms with Gasteiger partial charge in [-0.15, -0.1) is 5.10 Å². The molecule has 1 unspecified atom stereocenters. The zero-order valence-electron chi connectivity index (χ0n) is 9.61. The quantitative estimate of drug-likeness (QED) is 0.745. The van der Waals surface area contributed by atoms with Crippen LogP contribution in [-0.4, -0.2) is 21.6 Å². The van der Waals surface area contributed by atoms with Crippen molar-refractivity contribution in [1.82, 2.24) is 15.0 Å². The first-order valence-electron chi connectivity index (χ1n) is 4.99. The minimum absolute atomic E-state index is 0.0167. The molecule has 0 spiro atoms. The highest BCUT2D eigenvalue weighted by molar-refractivity contribution is 4.98. The molecule has 0 aromatic carbocycles. The summed E-state index contributed by atoms with van der Waals surface area (Å²) >= 11 is 0. The molecule has 14 heavy (non-hydrogen) atoms. The van der Waals surface area contributed by atoms with Crippen molar-refractivity contribution in [2.45, 2.75) is 46.3 Å². The van der Waals surface area contributed by atoms with E-state index < -0.39 is 0 Å². The Morgan fingerprint density at radius 2 is 2.14 bits per heavy atom. The van der Waals surface area contributed by atoms with Gasteiger partial charge in [0.15, 0.2) is 0 Å². The van der Waals surface area contributed by atoms with E-state index >= 15 is 0 Å². The fourth-order valence-corrected chi connectivity index (χ4v) is 1.13. The lowest BCUT2D eigenvalue weighted by atomic mass is 10.1. The summed E-state index contributed by atoms with van der Waals surface area (Å²) < 4.78 is 7.30. The van der Waals surface area contributed by atoms with E-state index in [1.807, 2.05) is 24.7 Å². The Morgan fingerprint density at radius 1 is 1.50 bits per heavy atom. The summed E-state index contributed by atoms with van der Waals surface area (Å²) in [4.78, 5) is 0. The number of hydrogen-bond donors (Lipinski definition) is 0. The molecule has 0 N–H and O–H groups in total. The first kappa shape index (κ1) is 11.2. The maximum Gasteiger partial charge on any atom is 0.111 e. The first-order valence-corrected chi connectivity index (χ1v) is 4.99. The topological polar surface area (TPSA) is 39.9 Å². The third kappa shape index (κ3) is 2.54. The van der Waals surface area contributed by atoms with Gasteiger partial charge in [0.05, 0.1) is 11.7 Å². The van der Waals surface area contributed by atoms with E-state index in [-0.39, 0.29) is 11.6 Å². The highest BCUT2D eigenvalue weighted by Gasteiger charge is 2.17. The molecule has 4 nitrogen and oxygen atoms in total. The van der Waals surface area contributed by atoms with Gasteiger partial charge in [0.2, 0.25) is 0 Å². The summed E-state index contributed by atoms with van der Waals surface area (Å²) in [5.41, 5.74) is 0.874. The van der Waals surface area contributed by atoms with Crippen LogP contribution in [0.5, 0.6) is 0 Å². The number of hydrogen-bond acceptors (Lipinski definition) is 3. The standard InChI is InChI=1S/C10H19N3O/c1-6-14-8(2)9-7-13(12-11-9)10(3,4)5/h7-8H,6H2,1-5H3. The molecular weight excluding hydrogens is 178 g/mol. The average Bonchev–Trinajstić information content (AvgIpc) is 2.51. The van der Waals surface area contributed by atoms with E-state index in [0.29, 0.717) is 6.61 Å². The average molecular weight is 197 g/mol. The maximum absolute atomic E-state index is 5.44. The molecule has 0 bridgehead atoms. The van der Waals surface area contributed by atoms with E-state index in [0.717, 1.165) is 5.69 Å². The molecule has 1 atom stereocenters. The van der Waals surface area contributed by atoms with Crippen molar-refractivity contribution >= 4 is 0 Å². The molecule has 1 rings (SSSR count). The van der Waals surface area contributed by atoms with Gasteiger partial charge in [0.25, 0.3) is 0 Å². The first-order chi connectivity index (χ1) is 6.45. The van der Waals surface area contributed by atoms with E-state index in [2.05, 4.69) is 31.1 Å². The third-order valence-electron chi connectivity index (χ3n) is 2.03. The van der Waals surface area contributed by atoms with Crippen molar-refractivity contribution in [1.29, 1.82) is 0 Å². The lowest BCUT2D eigenvalue weighted by Crippen LogP contribution is -2.22. The predicted molar refractivity (Wildman–Crippen MR) is 55.1 cm³/mol.